The number of primary amides is 1. The van der Waals surface area contributed by atoms with E-state index in [-0.39, 0.29) is 0 Å². The van der Waals surface area contributed by atoms with Crippen molar-refractivity contribution < 1.29 is 19.5 Å². The fourth-order valence-corrected chi connectivity index (χ4v) is 2.13. The minimum absolute atomic E-state index is 0.430. The lowest BCUT2D eigenvalue weighted by Gasteiger charge is -2.16. The first kappa shape index (κ1) is 13.9. The minimum atomic E-state index is -1.30. The van der Waals surface area contributed by atoms with Crippen molar-refractivity contribution in [2.75, 3.05) is 5.32 Å². The number of carboxylic acid groups (broad SMARTS) is 1. The van der Waals surface area contributed by atoms with Gasteiger partial charge >= 0.3 is 5.97 Å². The zero-order valence-corrected chi connectivity index (χ0v) is 10.6. The van der Waals surface area contributed by atoms with Crippen molar-refractivity contribution in [3.63, 3.8) is 0 Å². The predicted octanol–water partition coefficient (Wildman–Crippen LogP) is -0.532. The van der Waals surface area contributed by atoms with Crippen molar-refractivity contribution in [2.45, 2.75) is 24.9 Å². The Balaban J connectivity index is 1.99. The van der Waals surface area contributed by atoms with Crippen molar-refractivity contribution in [2.24, 2.45) is 5.73 Å². The third kappa shape index (κ3) is 3.05. The Labute approximate surface area is 115 Å². The summed E-state index contributed by atoms with van der Waals surface area (Å²) in [7, 11) is 0. The van der Waals surface area contributed by atoms with Crippen LogP contribution in [0.4, 0.5) is 5.69 Å². The first-order valence-electron chi connectivity index (χ1n) is 6.13. The number of carboxylic acids is 1. The van der Waals surface area contributed by atoms with Crippen molar-refractivity contribution in [1.29, 1.82) is 0 Å². The average Bonchev–Trinajstić information content (AvgIpc) is 2.81. The number of benzene rings is 1. The monoisotopic (exact) mass is 277 g/mol. The molecule has 0 aromatic heterocycles. The maximum absolute atomic E-state index is 12.0. The highest BCUT2D eigenvalue weighted by molar-refractivity contribution is 5.92. The summed E-state index contributed by atoms with van der Waals surface area (Å²) in [6, 6.07) is 5.62. The van der Waals surface area contributed by atoms with E-state index in [4.69, 9.17) is 10.8 Å². The van der Waals surface area contributed by atoms with E-state index < -0.39 is 36.3 Å². The van der Waals surface area contributed by atoms with Crippen molar-refractivity contribution in [1.82, 2.24) is 5.32 Å². The topological polar surface area (TPSA) is 122 Å². The molecule has 1 aromatic carbocycles. The SMILES string of the molecule is NC(=O)C[C@H](NC(=O)C1Cc2ccccc2N1)C(=O)O. The molecule has 0 fully saturated rings. The summed E-state index contributed by atoms with van der Waals surface area (Å²) in [5, 5.41) is 14.3. The van der Waals surface area contributed by atoms with E-state index in [9.17, 15) is 14.4 Å². The number of rotatable bonds is 5. The lowest BCUT2D eigenvalue weighted by molar-refractivity contribution is -0.143. The molecule has 1 unspecified atom stereocenters. The van der Waals surface area contributed by atoms with Gasteiger partial charge in [-0.25, -0.2) is 4.79 Å². The Bertz CT molecular complexity index is 533. The molecule has 0 saturated carbocycles. The summed E-state index contributed by atoms with van der Waals surface area (Å²) < 4.78 is 0. The summed E-state index contributed by atoms with van der Waals surface area (Å²) >= 11 is 0. The Kier molecular flexibility index (Phi) is 3.88. The quantitative estimate of drug-likeness (QED) is 0.576. The molecule has 1 aliphatic rings. The number of carbonyl (C=O) groups is 3. The number of nitrogens with one attached hydrogen (secondary N) is 2. The number of carbonyl (C=O) groups excluding carboxylic acids is 2. The molecule has 2 atom stereocenters. The van der Waals surface area contributed by atoms with Crippen LogP contribution in [0, 0.1) is 0 Å². The molecule has 0 aliphatic carbocycles. The van der Waals surface area contributed by atoms with Crippen LogP contribution in [0.3, 0.4) is 0 Å². The van der Waals surface area contributed by atoms with Gasteiger partial charge in [0.15, 0.2) is 0 Å². The molecule has 0 radical (unpaired) electrons. The van der Waals surface area contributed by atoms with Crippen LogP contribution in [0.1, 0.15) is 12.0 Å². The molecule has 7 nitrogen and oxygen atoms in total. The molecular weight excluding hydrogens is 262 g/mol. The Morgan fingerprint density at radius 2 is 2.10 bits per heavy atom. The van der Waals surface area contributed by atoms with Crippen LogP contribution >= 0.6 is 0 Å². The van der Waals surface area contributed by atoms with Crippen LogP contribution in [0.2, 0.25) is 0 Å². The van der Waals surface area contributed by atoms with Crippen LogP contribution < -0.4 is 16.4 Å². The Hall–Kier alpha value is -2.57. The average molecular weight is 277 g/mol. The number of hydrogen-bond acceptors (Lipinski definition) is 4. The summed E-state index contributed by atoms with van der Waals surface area (Å²) in [5.74, 6) is -2.53. The number of hydrogen-bond donors (Lipinski definition) is 4. The van der Waals surface area contributed by atoms with Crippen molar-refractivity contribution in [3.8, 4) is 0 Å². The molecule has 0 spiro atoms. The van der Waals surface area contributed by atoms with E-state index in [1.54, 1.807) is 0 Å². The first-order valence-corrected chi connectivity index (χ1v) is 6.13. The van der Waals surface area contributed by atoms with Gasteiger partial charge in [-0.05, 0) is 11.6 Å². The molecule has 106 valence electrons. The van der Waals surface area contributed by atoms with Crippen LogP contribution in [0.25, 0.3) is 0 Å². The fraction of sp³-hybridized carbons (Fsp3) is 0.308. The van der Waals surface area contributed by atoms with Gasteiger partial charge in [-0.15, -0.1) is 0 Å². The molecule has 20 heavy (non-hydrogen) atoms. The van der Waals surface area contributed by atoms with E-state index in [2.05, 4.69) is 10.6 Å². The summed E-state index contributed by atoms with van der Waals surface area (Å²) in [5.41, 5.74) is 6.81. The normalized spacial score (nSPS) is 17.7. The van der Waals surface area contributed by atoms with Gasteiger partial charge in [-0.2, -0.15) is 0 Å². The number of amides is 2. The van der Waals surface area contributed by atoms with Gasteiger partial charge in [0.1, 0.15) is 12.1 Å². The number of anilines is 1. The highest BCUT2D eigenvalue weighted by atomic mass is 16.4. The van der Waals surface area contributed by atoms with Crippen LogP contribution in [-0.2, 0) is 20.8 Å². The van der Waals surface area contributed by atoms with Crippen molar-refractivity contribution >= 4 is 23.5 Å². The van der Waals surface area contributed by atoms with Gasteiger partial charge in [0.2, 0.25) is 11.8 Å². The second kappa shape index (κ2) is 5.60. The largest absolute Gasteiger partial charge is 0.480 e. The second-order valence-electron chi connectivity index (χ2n) is 4.63. The Morgan fingerprint density at radius 1 is 1.40 bits per heavy atom. The van der Waals surface area contributed by atoms with Gasteiger partial charge in [0.25, 0.3) is 0 Å². The molecule has 2 rings (SSSR count). The minimum Gasteiger partial charge on any atom is -0.480 e. The van der Waals surface area contributed by atoms with Gasteiger partial charge in [-0.1, -0.05) is 18.2 Å². The van der Waals surface area contributed by atoms with Crippen LogP contribution in [0.5, 0.6) is 0 Å². The van der Waals surface area contributed by atoms with Gasteiger partial charge in [-0.3, -0.25) is 9.59 Å². The summed E-state index contributed by atoms with van der Waals surface area (Å²) in [6.45, 7) is 0. The van der Waals surface area contributed by atoms with Crippen LogP contribution in [-0.4, -0.2) is 35.0 Å². The Morgan fingerprint density at radius 3 is 2.70 bits per heavy atom. The van der Waals surface area contributed by atoms with Gasteiger partial charge < -0.3 is 21.5 Å². The maximum Gasteiger partial charge on any atom is 0.326 e. The molecule has 1 heterocycles. The van der Waals surface area contributed by atoms with E-state index in [0.717, 1.165) is 11.3 Å². The van der Waals surface area contributed by atoms with E-state index in [0.29, 0.717) is 6.42 Å². The maximum atomic E-state index is 12.0. The molecule has 7 heteroatoms. The van der Waals surface area contributed by atoms with Crippen LogP contribution in [0.15, 0.2) is 24.3 Å². The number of nitrogens with two attached hydrogens (primary N) is 1. The van der Waals surface area contributed by atoms with Gasteiger partial charge in [0.05, 0.1) is 6.42 Å². The lowest BCUT2D eigenvalue weighted by Crippen LogP contribution is -2.48. The summed E-state index contributed by atoms with van der Waals surface area (Å²) in [4.78, 5) is 33.8. The van der Waals surface area contributed by atoms with E-state index >= 15 is 0 Å². The molecule has 5 N–H and O–H groups in total. The first-order chi connectivity index (χ1) is 9.47. The third-order valence-corrected chi connectivity index (χ3v) is 3.11. The summed E-state index contributed by atoms with van der Waals surface area (Å²) in [6.07, 6.45) is 0.0473. The van der Waals surface area contributed by atoms with Crippen molar-refractivity contribution in [3.05, 3.63) is 29.8 Å². The zero-order valence-electron chi connectivity index (χ0n) is 10.6. The predicted molar refractivity (Wildman–Crippen MR) is 70.9 cm³/mol. The zero-order chi connectivity index (χ0) is 14.7. The molecule has 1 aromatic rings. The van der Waals surface area contributed by atoms with E-state index in [1.807, 2.05) is 24.3 Å². The standard InChI is InChI=1S/C13H15N3O4/c14-11(17)6-10(13(19)20)16-12(18)9-5-7-3-1-2-4-8(7)15-9/h1-4,9-10,15H,5-6H2,(H2,14,17)(H,16,18)(H,19,20)/t9?,10-/m0/s1. The lowest BCUT2D eigenvalue weighted by atomic mass is 10.1. The number of para-hydroxylation sites is 1. The molecule has 0 saturated heterocycles. The highest BCUT2D eigenvalue weighted by Gasteiger charge is 2.30. The third-order valence-electron chi connectivity index (χ3n) is 3.11. The fourth-order valence-electron chi connectivity index (χ4n) is 2.13. The molecule has 0 bridgehead atoms. The van der Waals surface area contributed by atoms with Gasteiger partial charge in [0, 0.05) is 12.1 Å². The smallest absolute Gasteiger partial charge is 0.326 e. The highest BCUT2D eigenvalue weighted by Crippen LogP contribution is 2.25. The number of aliphatic carboxylic acids is 1. The number of fused-ring (bicyclic) bond motifs is 1. The molecule has 1 aliphatic heterocycles. The van der Waals surface area contributed by atoms with E-state index in [1.165, 1.54) is 0 Å². The molecular formula is C13H15N3O4. The second-order valence-corrected chi connectivity index (χ2v) is 4.63. The molecule has 2 amide bonds.